The fraction of sp³-hybridized carbons (Fsp3) is 1.00. The molecule has 3 unspecified atom stereocenters. The zero-order valence-electron chi connectivity index (χ0n) is 8.41. The van der Waals surface area contributed by atoms with Crippen molar-refractivity contribution in [1.29, 1.82) is 0 Å². The van der Waals surface area contributed by atoms with Gasteiger partial charge in [0.05, 0.1) is 0 Å². The predicted octanol–water partition coefficient (Wildman–Crippen LogP) is 2.55. The molecule has 0 spiro atoms. The number of rotatable bonds is 2. The summed E-state index contributed by atoms with van der Waals surface area (Å²) in [6.45, 7) is 0. The van der Waals surface area contributed by atoms with Crippen LogP contribution < -0.4 is 5.73 Å². The van der Waals surface area contributed by atoms with Crippen molar-refractivity contribution in [2.24, 2.45) is 29.4 Å². The van der Waals surface area contributed by atoms with Gasteiger partial charge in [0.15, 0.2) is 0 Å². The maximum atomic E-state index is 6.37. The van der Waals surface area contributed by atoms with Crippen LogP contribution in [0.4, 0.5) is 0 Å². The summed E-state index contributed by atoms with van der Waals surface area (Å²) in [5, 5.41) is 0. The minimum absolute atomic E-state index is 0.581. The van der Waals surface area contributed by atoms with Gasteiger partial charge in [0.1, 0.15) is 0 Å². The first-order chi connectivity index (χ1) is 6.38. The molecule has 3 rings (SSSR count). The Hall–Kier alpha value is -0.0400. The molecular weight excluding hydrogens is 158 g/mol. The molecule has 0 saturated heterocycles. The fourth-order valence-corrected chi connectivity index (χ4v) is 4.10. The molecule has 3 aliphatic rings. The molecule has 0 amide bonds. The molecule has 3 fully saturated rings. The summed E-state index contributed by atoms with van der Waals surface area (Å²) < 4.78 is 0. The Morgan fingerprint density at radius 1 is 0.846 bits per heavy atom. The molecule has 74 valence electrons. The summed E-state index contributed by atoms with van der Waals surface area (Å²) in [5.41, 5.74) is 6.37. The SMILES string of the molecule is NC(C1CCCC1)C1C2CCCC21. The minimum Gasteiger partial charge on any atom is -0.327 e. The zero-order valence-corrected chi connectivity index (χ0v) is 8.41. The molecule has 3 aliphatic carbocycles. The van der Waals surface area contributed by atoms with Crippen LogP contribution in [0.1, 0.15) is 44.9 Å². The topological polar surface area (TPSA) is 26.0 Å². The summed E-state index contributed by atoms with van der Waals surface area (Å²) in [5.74, 6) is 3.98. The van der Waals surface area contributed by atoms with Crippen molar-refractivity contribution in [1.82, 2.24) is 0 Å². The first kappa shape index (κ1) is 8.28. The van der Waals surface area contributed by atoms with Gasteiger partial charge in [0.25, 0.3) is 0 Å². The molecule has 0 aromatic carbocycles. The Balaban J connectivity index is 1.60. The van der Waals surface area contributed by atoms with E-state index in [-0.39, 0.29) is 0 Å². The van der Waals surface area contributed by atoms with Crippen molar-refractivity contribution in [2.75, 3.05) is 0 Å². The summed E-state index contributed by atoms with van der Waals surface area (Å²) >= 11 is 0. The van der Waals surface area contributed by atoms with Crippen molar-refractivity contribution in [2.45, 2.75) is 51.0 Å². The van der Waals surface area contributed by atoms with Crippen molar-refractivity contribution in [3.05, 3.63) is 0 Å². The molecule has 0 aromatic rings. The molecular formula is C12H21N. The number of hydrogen-bond donors (Lipinski definition) is 1. The number of nitrogens with two attached hydrogens (primary N) is 1. The lowest BCUT2D eigenvalue weighted by molar-refractivity contribution is 0.356. The van der Waals surface area contributed by atoms with Gasteiger partial charge in [0.2, 0.25) is 0 Å². The maximum absolute atomic E-state index is 6.37. The summed E-state index contributed by atoms with van der Waals surface area (Å²) in [7, 11) is 0. The van der Waals surface area contributed by atoms with Gasteiger partial charge in [-0.25, -0.2) is 0 Å². The van der Waals surface area contributed by atoms with Crippen LogP contribution in [0.15, 0.2) is 0 Å². The highest BCUT2D eigenvalue weighted by Crippen LogP contribution is 2.60. The normalized spacial score (nSPS) is 46.4. The third kappa shape index (κ3) is 1.24. The molecule has 13 heavy (non-hydrogen) atoms. The van der Waals surface area contributed by atoms with Crippen LogP contribution in [-0.4, -0.2) is 6.04 Å². The molecule has 3 saturated carbocycles. The fourth-order valence-electron chi connectivity index (χ4n) is 4.10. The van der Waals surface area contributed by atoms with Crippen LogP contribution in [0.2, 0.25) is 0 Å². The van der Waals surface area contributed by atoms with Crippen molar-refractivity contribution in [3.8, 4) is 0 Å². The first-order valence-electron chi connectivity index (χ1n) is 6.13. The second kappa shape index (κ2) is 2.98. The number of hydrogen-bond acceptors (Lipinski definition) is 1. The molecule has 0 aromatic heterocycles. The van der Waals surface area contributed by atoms with Crippen molar-refractivity contribution in [3.63, 3.8) is 0 Å². The van der Waals surface area contributed by atoms with E-state index in [1.807, 2.05) is 0 Å². The Labute approximate surface area is 81.1 Å². The van der Waals surface area contributed by atoms with E-state index in [0.717, 1.165) is 23.7 Å². The Morgan fingerprint density at radius 3 is 2.08 bits per heavy atom. The van der Waals surface area contributed by atoms with Crippen LogP contribution in [0.25, 0.3) is 0 Å². The average molecular weight is 179 g/mol. The van der Waals surface area contributed by atoms with Gasteiger partial charge in [-0.3, -0.25) is 0 Å². The van der Waals surface area contributed by atoms with Gasteiger partial charge in [-0.2, -0.15) is 0 Å². The second-order valence-corrected chi connectivity index (χ2v) is 5.46. The van der Waals surface area contributed by atoms with Gasteiger partial charge in [0, 0.05) is 6.04 Å². The molecule has 0 bridgehead atoms. The molecule has 0 aliphatic heterocycles. The van der Waals surface area contributed by atoms with E-state index in [4.69, 9.17) is 5.73 Å². The van der Waals surface area contributed by atoms with E-state index in [2.05, 4.69) is 0 Å². The summed E-state index contributed by atoms with van der Waals surface area (Å²) in [4.78, 5) is 0. The Bertz CT molecular complexity index is 185. The van der Waals surface area contributed by atoms with E-state index >= 15 is 0 Å². The Kier molecular flexibility index (Phi) is 1.90. The monoisotopic (exact) mass is 179 g/mol. The summed E-state index contributed by atoms with van der Waals surface area (Å²) in [6, 6.07) is 0.581. The van der Waals surface area contributed by atoms with Crippen LogP contribution in [0, 0.1) is 23.7 Å². The highest BCUT2D eigenvalue weighted by atomic mass is 14.8. The maximum Gasteiger partial charge on any atom is 0.0101 e. The van der Waals surface area contributed by atoms with E-state index in [1.54, 1.807) is 0 Å². The third-order valence-corrected chi connectivity index (χ3v) is 4.86. The lowest BCUT2D eigenvalue weighted by Gasteiger charge is -2.20. The first-order valence-corrected chi connectivity index (χ1v) is 6.13. The van der Waals surface area contributed by atoms with Crippen LogP contribution in [-0.2, 0) is 0 Å². The molecule has 1 heteroatoms. The van der Waals surface area contributed by atoms with Gasteiger partial charge < -0.3 is 5.73 Å². The van der Waals surface area contributed by atoms with Crippen LogP contribution in [0.5, 0.6) is 0 Å². The molecule has 2 N–H and O–H groups in total. The summed E-state index contributed by atoms with van der Waals surface area (Å²) in [6.07, 6.45) is 10.2. The molecule has 0 heterocycles. The minimum atomic E-state index is 0.581. The smallest absolute Gasteiger partial charge is 0.0101 e. The van der Waals surface area contributed by atoms with Gasteiger partial charge >= 0.3 is 0 Å². The number of fused-ring (bicyclic) bond motifs is 1. The highest BCUT2D eigenvalue weighted by molar-refractivity contribution is 5.07. The molecule has 1 nitrogen and oxygen atoms in total. The van der Waals surface area contributed by atoms with E-state index in [0.29, 0.717) is 6.04 Å². The van der Waals surface area contributed by atoms with E-state index in [9.17, 15) is 0 Å². The van der Waals surface area contributed by atoms with Crippen molar-refractivity contribution < 1.29 is 0 Å². The largest absolute Gasteiger partial charge is 0.327 e. The third-order valence-electron chi connectivity index (χ3n) is 4.86. The molecule has 0 radical (unpaired) electrons. The van der Waals surface area contributed by atoms with Gasteiger partial charge in [-0.1, -0.05) is 19.3 Å². The lowest BCUT2D eigenvalue weighted by atomic mass is 9.91. The van der Waals surface area contributed by atoms with E-state index in [1.165, 1.54) is 44.9 Å². The predicted molar refractivity (Wildman–Crippen MR) is 54.3 cm³/mol. The standard InChI is InChI=1S/C12H21N/c13-12(8-4-1-2-5-8)11-9-6-3-7-10(9)11/h8-12H,1-7,13H2. The van der Waals surface area contributed by atoms with Gasteiger partial charge in [-0.15, -0.1) is 0 Å². The van der Waals surface area contributed by atoms with Crippen LogP contribution >= 0.6 is 0 Å². The highest BCUT2D eigenvalue weighted by Gasteiger charge is 2.56. The van der Waals surface area contributed by atoms with E-state index < -0.39 is 0 Å². The lowest BCUT2D eigenvalue weighted by Crippen LogP contribution is -2.32. The van der Waals surface area contributed by atoms with Crippen LogP contribution in [0.3, 0.4) is 0 Å². The Morgan fingerprint density at radius 2 is 1.46 bits per heavy atom. The zero-order chi connectivity index (χ0) is 8.84. The quantitative estimate of drug-likeness (QED) is 0.692. The van der Waals surface area contributed by atoms with Crippen molar-refractivity contribution >= 4 is 0 Å². The average Bonchev–Trinajstić information content (AvgIpc) is 2.68. The molecule has 3 atom stereocenters. The van der Waals surface area contributed by atoms with Gasteiger partial charge in [-0.05, 0) is 49.4 Å². The second-order valence-electron chi connectivity index (χ2n) is 5.46.